The predicted octanol–water partition coefficient (Wildman–Crippen LogP) is 3.75. The first kappa shape index (κ1) is 21.7. The van der Waals surface area contributed by atoms with Crippen molar-refractivity contribution in [2.45, 2.75) is 0 Å². The molecule has 5 rings (SSSR count). The van der Waals surface area contributed by atoms with Crippen LogP contribution in [0.3, 0.4) is 0 Å². The summed E-state index contributed by atoms with van der Waals surface area (Å²) in [5.41, 5.74) is 2.06. The first-order chi connectivity index (χ1) is 16.8. The van der Waals surface area contributed by atoms with Crippen LogP contribution < -0.4 is 10.2 Å². The molecule has 10 heteroatoms. The van der Waals surface area contributed by atoms with Crippen molar-refractivity contribution in [2.75, 3.05) is 11.4 Å². The SMILES string of the molecule is O=C(CN1C(=O)c2ccc([N+](=O)[O-])cc2C1=O)NC(=O)N1c2ccccc2C=Cc2ccccc21. The number of benzene rings is 3. The fourth-order valence-electron chi connectivity index (χ4n) is 4.09. The average Bonchev–Trinajstić information content (AvgIpc) is 2.99. The second-order valence-electron chi connectivity index (χ2n) is 7.82. The van der Waals surface area contributed by atoms with E-state index in [1.165, 1.54) is 11.0 Å². The Kier molecular flexibility index (Phi) is 5.17. The van der Waals surface area contributed by atoms with Crippen molar-refractivity contribution in [3.05, 3.63) is 99.1 Å². The summed E-state index contributed by atoms with van der Waals surface area (Å²) in [6.07, 6.45) is 3.72. The summed E-state index contributed by atoms with van der Waals surface area (Å²) in [7, 11) is 0. The number of para-hydroxylation sites is 2. The Morgan fingerprint density at radius 1 is 0.829 bits per heavy atom. The van der Waals surface area contributed by atoms with Gasteiger partial charge in [0.1, 0.15) is 6.54 Å². The molecular weight excluding hydrogens is 452 g/mol. The second kappa shape index (κ2) is 8.34. The lowest BCUT2D eigenvalue weighted by Gasteiger charge is -2.25. The van der Waals surface area contributed by atoms with E-state index in [4.69, 9.17) is 0 Å². The molecule has 2 heterocycles. The molecule has 2 aliphatic rings. The molecule has 0 aliphatic carbocycles. The van der Waals surface area contributed by atoms with Gasteiger partial charge in [0.2, 0.25) is 5.91 Å². The van der Waals surface area contributed by atoms with Crippen molar-refractivity contribution in [2.24, 2.45) is 0 Å². The lowest BCUT2D eigenvalue weighted by atomic mass is 10.1. The predicted molar refractivity (Wildman–Crippen MR) is 126 cm³/mol. The van der Waals surface area contributed by atoms with Crippen LogP contribution in [0.5, 0.6) is 0 Å². The molecule has 3 aromatic carbocycles. The highest BCUT2D eigenvalue weighted by atomic mass is 16.6. The highest BCUT2D eigenvalue weighted by Crippen LogP contribution is 2.36. The minimum atomic E-state index is -0.883. The number of nitro groups is 1. The maximum Gasteiger partial charge on any atom is 0.333 e. The summed E-state index contributed by atoms with van der Waals surface area (Å²) < 4.78 is 0. The highest BCUT2D eigenvalue weighted by molar-refractivity contribution is 6.23. The van der Waals surface area contributed by atoms with Gasteiger partial charge in [0, 0.05) is 12.1 Å². The lowest BCUT2D eigenvalue weighted by molar-refractivity contribution is -0.384. The van der Waals surface area contributed by atoms with Gasteiger partial charge >= 0.3 is 6.03 Å². The number of hydrogen-bond acceptors (Lipinski definition) is 6. The van der Waals surface area contributed by atoms with Gasteiger partial charge in [0.05, 0.1) is 27.4 Å². The Morgan fingerprint density at radius 2 is 1.40 bits per heavy atom. The number of urea groups is 1. The summed E-state index contributed by atoms with van der Waals surface area (Å²) in [4.78, 5) is 63.7. The molecule has 0 atom stereocenters. The Balaban J connectivity index is 1.38. The minimum Gasteiger partial charge on any atom is -0.276 e. The van der Waals surface area contributed by atoms with Gasteiger partial charge in [-0.1, -0.05) is 48.6 Å². The number of nitrogens with one attached hydrogen (secondary N) is 1. The number of nitro benzene ring substituents is 1. The minimum absolute atomic E-state index is 0.0406. The molecule has 0 radical (unpaired) electrons. The second-order valence-corrected chi connectivity index (χ2v) is 7.82. The van der Waals surface area contributed by atoms with Gasteiger partial charge in [-0.25, -0.2) is 4.79 Å². The molecule has 172 valence electrons. The topological polar surface area (TPSA) is 130 Å². The normalized spacial score (nSPS) is 13.6. The summed E-state index contributed by atoms with van der Waals surface area (Å²) in [6, 6.07) is 16.8. The molecule has 0 aromatic heterocycles. The van der Waals surface area contributed by atoms with E-state index in [1.807, 2.05) is 36.4 Å². The van der Waals surface area contributed by atoms with Crippen LogP contribution in [0.4, 0.5) is 21.9 Å². The lowest BCUT2D eigenvalue weighted by Crippen LogP contribution is -2.46. The van der Waals surface area contributed by atoms with Gasteiger partial charge in [-0.3, -0.25) is 39.6 Å². The molecule has 3 aromatic rings. The van der Waals surface area contributed by atoms with Crippen molar-refractivity contribution in [3.8, 4) is 0 Å². The standard InChI is InChI=1S/C25H16N4O6/c30-22(14-27-23(31)18-12-11-17(29(34)35)13-19(18)24(27)32)26-25(33)28-20-7-3-1-5-15(20)9-10-16-6-2-4-8-21(16)28/h1-13H,14H2,(H,26,30,33). The van der Waals surface area contributed by atoms with Gasteiger partial charge < -0.3 is 0 Å². The summed E-state index contributed by atoms with van der Waals surface area (Å²) in [6.45, 7) is -0.721. The van der Waals surface area contributed by atoms with Crippen LogP contribution >= 0.6 is 0 Å². The number of carbonyl (C=O) groups is 4. The molecule has 0 bridgehead atoms. The van der Waals surface area contributed by atoms with Crippen LogP contribution in [0.15, 0.2) is 66.7 Å². The molecule has 10 nitrogen and oxygen atoms in total. The van der Waals surface area contributed by atoms with Gasteiger partial charge in [0.15, 0.2) is 0 Å². The maximum atomic E-state index is 13.3. The zero-order valence-electron chi connectivity index (χ0n) is 18.0. The third-order valence-electron chi connectivity index (χ3n) is 5.71. The van der Waals surface area contributed by atoms with Gasteiger partial charge in [-0.2, -0.15) is 0 Å². The Hall–Kier alpha value is -5.12. The van der Waals surface area contributed by atoms with E-state index in [2.05, 4.69) is 5.32 Å². The Bertz CT molecular complexity index is 1430. The fraction of sp³-hybridized carbons (Fsp3) is 0.0400. The summed E-state index contributed by atoms with van der Waals surface area (Å²) in [5, 5.41) is 13.3. The quantitative estimate of drug-likeness (QED) is 0.354. The van der Waals surface area contributed by atoms with Crippen LogP contribution in [0, 0.1) is 10.1 Å². The number of rotatable bonds is 3. The summed E-state index contributed by atoms with van der Waals surface area (Å²) >= 11 is 0. The van der Waals surface area contributed by atoms with E-state index in [0.29, 0.717) is 16.3 Å². The monoisotopic (exact) mass is 468 g/mol. The molecule has 35 heavy (non-hydrogen) atoms. The van der Waals surface area contributed by atoms with Crippen LogP contribution in [-0.2, 0) is 4.79 Å². The first-order valence-electron chi connectivity index (χ1n) is 10.5. The van der Waals surface area contributed by atoms with Gasteiger partial charge in [0.25, 0.3) is 17.5 Å². The number of anilines is 2. The van der Waals surface area contributed by atoms with Crippen LogP contribution in [0.2, 0.25) is 0 Å². The zero-order chi connectivity index (χ0) is 24.7. The van der Waals surface area contributed by atoms with Gasteiger partial charge in [-0.05, 0) is 29.3 Å². The number of imide groups is 2. The molecule has 0 unspecified atom stereocenters. The highest BCUT2D eigenvalue weighted by Gasteiger charge is 2.38. The summed E-state index contributed by atoms with van der Waals surface area (Å²) in [5.74, 6) is -2.49. The molecule has 0 saturated heterocycles. The van der Waals surface area contributed by atoms with E-state index in [-0.39, 0.29) is 16.8 Å². The van der Waals surface area contributed by atoms with E-state index in [1.54, 1.807) is 24.3 Å². The zero-order valence-corrected chi connectivity index (χ0v) is 18.0. The van der Waals surface area contributed by atoms with E-state index < -0.39 is 35.2 Å². The van der Waals surface area contributed by atoms with Crippen LogP contribution in [0.25, 0.3) is 12.2 Å². The Morgan fingerprint density at radius 3 is 2.00 bits per heavy atom. The number of non-ortho nitro benzene ring substituents is 1. The molecule has 0 fully saturated rings. The van der Waals surface area contributed by atoms with Crippen molar-refractivity contribution in [1.82, 2.24) is 10.2 Å². The molecular formula is C25H16N4O6. The van der Waals surface area contributed by atoms with Crippen LogP contribution in [-0.4, -0.2) is 40.1 Å². The molecule has 5 amide bonds. The average molecular weight is 468 g/mol. The largest absolute Gasteiger partial charge is 0.333 e. The van der Waals surface area contributed by atoms with Crippen molar-refractivity contribution >= 4 is 53.0 Å². The van der Waals surface area contributed by atoms with Gasteiger partial charge in [-0.15, -0.1) is 0 Å². The van der Waals surface area contributed by atoms with Crippen molar-refractivity contribution in [1.29, 1.82) is 0 Å². The first-order valence-corrected chi connectivity index (χ1v) is 10.5. The smallest absolute Gasteiger partial charge is 0.276 e. The molecule has 1 N–H and O–H groups in total. The fourth-order valence-corrected chi connectivity index (χ4v) is 4.09. The number of hydrogen-bond donors (Lipinski definition) is 1. The number of nitrogens with zero attached hydrogens (tertiary/aromatic N) is 3. The van der Waals surface area contributed by atoms with Crippen LogP contribution in [0.1, 0.15) is 31.8 Å². The molecule has 0 saturated carbocycles. The Labute approximate surface area is 198 Å². The number of carbonyl (C=O) groups excluding carboxylic acids is 4. The third-order valence-corrected chi connectivity index (χ3v) is 5.71. The number of fused-ring (bicyclic) bond motifs is 3. The molecule has 2 aliphatic heterocycles. The van der Waals surface area contributed by atoms with Crippen molar-refractivity contribution < 1.29 is 24.1 Å². The third kappa shape index (κ3) is 3.72. The molecule has 0 spiro atoms. The van der Waals surface area contributed by atoms with E-state index >= 15 is 0 Å². The number of amides is 5. The van der Waals surface area contributed by atoms with E-state index in [0.717, 1.165) is 23.3 Å². The van der Waals surface area contributed by atoms with Crippen molar-refractivity contribution in [3.63, 3.8) is 0 Å². The maximum absolute atomic E-state index is 13.3. The van der Waals surface area contributed by atoms with E-state index in [9.17, 15) is 29.3 Å².